The summed E-state index contributed by atoms with van der Waals surface area (Å²) in [6.45, 7) is 8.74. The van der Waals surface area contributed by atoms with E-state index in [1.165, 1.54) is 11.1 Å². The molecule has 0 radical (unpaired) electrons. The van der Waals surface area contributed by atoms with Crippen molar-refractivity contribution < 1.29 is 0 Å². The van der Waals surface area contributed by atoms with Gasteiger partial charge < -0.3 is 4.57 Å². The van der Waals surface area contributed by atoms with Crippen LogP contribution in [0.1, 0.15) is 43.9 Å². The van der Waals surface area contributed by atoms with Crippen LogP contribution in [0.2, 0.25) is 0 Å². The van der Waals surface area contributed by atoms with E-state index in [0.29, 0.717) is 6.04 Å². The molecule has 0 amide bonds. The summed E-state index contributed by atoms with van der Waals surface area (Å²) in [5.74, 6) is 0.756. The lowest BCUT2D eigenvalue weighted by molar-refractivity contribution is 0.485. The second-order valence-corrected chi connectivity index (χ2v) is 8.81. The van der Waals surface area contributed by atoms with Gasteiger partial charge >= 0.3 is 0 Å². The number of thiazole rings is 1. The van der Waals surface area contributed by atoms with Gasteiger partial charge in [-0.3, -0.25) is 0 Å². The van der Waals surface area contributed by atoms with Crippen molar-refractivity contribution in [2.45, 2.75) is 46.6 Å². The molecule has 28 heavy (non-hydrogen) atoms. The third-order valence-electron chi connectivity index (χ3n) is 5.22. The lowest BCUT2D eigenvalue weighted by Crippen LogP contribution is -2.05. The molecule has 0 aliphatic carbocycles. The molecule has 0 aromatic carbocycles. The van der Waals surface area contributed by atoms with Gasteiger partial charge in [-0.1, -0.05) is 13.8 Å². The van der Waals surface area contributed by atoms with Crippen molar-refractivity contribution in [3.63, 3.8) is 0 Å². The minimum Gasteiger partial charge on any atom is -0.343 e. The van der Waals surface area contributed by atoms with Crippen molar-refractivity contribution >= 4 is 38.3 Å². The molecule has 4 heterocycles. The fourth-order valence-corrected chi connectivity index (χ4v) is 5.44. The highest BCUT2D eigenvalue weighted by molar-refractivity contribution is 9.10. The average Bonchev–Trinajstić information content (AvgIpc) is 3.34. The summed E-state index contributed by atoms with van der Waals surface area (Å²) in [5.41, 5.74) is 5.59. The molecule has 0 fully saturated rings. The second kappa shape index (κ2) is 7.40. The Hall–Kier alpha value is -2.06. The summed E-state index contributed by atoms with van der Waals surface area (Å²) in [4.78, 5) is 15.1. The number of aryl methyl sites for hydroxylation is 3. The Morgan fingerprint density at radius 3 is 2.54 bits per heavy atom. The van der Waals surface area contributed by atoms with Crippen LogP contribution >= 0.6 is 27.3 Å². The second-order valence-electron chi connectivity index (χ2n) is 7.06. The third-order valence-corrected chi connectivity index (χ3v) is 7.11. The monoisotopic (exact) mass is 458 g/mol. The van der Waals surface area contributed by atoms with E-state index >= 15 is 0 Å². The number of hydrogen-bond donors (Lipinski definition) is 0. The Kier molecular flexibility index (Phi) is 5.09. The van der Waals surface area contributed by atoms with Crippen molar-refractivity contribution in [1.82, 2.24) is 29.3 Å². The van der Waals surface area contributed by atoms with Gasteiger partial charge in [-0.05, 0) is 59.8 Å². The minimum absolute atomic E-state index is 0.501. The van der Waals surface area contributed by atoms with Crippen LogP contribution in [0.25, 0.3) is 32.4 Å². The molecule has 0 unspecified atom stereocenters. The van der Waals surface area contributed by atoms with Gasteiger partial charge in [-0.2, -0.15) is 5.10 Å². The maximum Gasteiger partial charge on any atom is 0.187 e. The van der Waals surface area contributed by atoms with E-state index in [2.05, 4.69) is 75.5 Å². The number of aromatic nitrogens is 6. The molecule has 8 heteroatoms. The van der Waals surface area contributed by atoms with Gasteiger partial charge in [0, 0.05) is 19.3 Å². The van der Waals surface area contributed by atoms with Crippen LogP contribution in [0, 0.1) is 13.8 Å². The first-order chi connectivity index (χ1) is 13.4. The molecule has 6 nitrogen and oxygen atoms in total. The van der Waals surface area contributed by atoms with Gasteiger partial charge in [-0.15, -0.1) is 11.3 Å². The number of pyridine rings is 1. The molecule has 0 N–H and O–H groups in total. The SMILES string of the molecule is CCC(CC)n1cc(C)c2nc(-c3sc(-c4ncnn4C)nc3Br)c(C)cc21. The van der Waals surface area contributed by atoms with Crippen LogP contribution in [-0.4, -0.2) is 29.3 Å². The number of hydrogen-bond acceptors (Lipinski definition) is 5. The Labute approximate surface area is 176 Å². The molecule has 4 aromatic heterocycles. The van der Waals surface area contributed by atoms with Crippen LogP contribution < -0.4 is 0 Å². The molecule has 4 aromatic rings. The topological polar surface area (TPSA) is 61.4 Å². The highest BCUT2D eigenvalue weighted by atomic mass is 79.9. The summed E-state index contributed by atoms with van der Waals surface area (Å²) in [7, 11) is 1.87. The Balaban J connectivity index is 1.87. The van der Waals surface area contributed by atoms with E-state index in [0.717, 1.165) is 49.9 Å². The predicted octanol–water partition coefficient (Wildman–Crippen LogP) is 5.70. The van der Waals surface area contributed by atoms with Crippen LogP contribution in [0.5, 0.6) is 0 Å². The van der Waals surface area contributed by atoms with Crippen molar-refractivity contribution in [2.75, 3.05) is 0 Å². The van der Waals surface area contributed by atoms with Crippen LogP contribution in [0.4, 0.5) is 0 Å². The number of nitrogens with zero attached hydrogens (tertiary/aromatic N) is 6. The summed E-state index contributed by atoms with van der Waals surface area (Å²) in [5, 5.41) is 4.98. The normalized spacial score (nSPS) is 11.8. The van der Waals surface area contributed by atoms with E-state index in [1.54, 1.807) is 22.3 Å². The molecule has 0 atom stereocenters. The molecular formula is C20H23BrN6S. The minimum atomic E-state index is 0.501. The molecule has 0 spiro atoms. The van der Waals surface area contributed by atoms with Crippen molar-refractivity contribution in [3.8, 4) is 21.4 Å². The molecule has 0 saturated carbocycles. The van der Waals surface area contributed by atoms with Crippen LogP contribution in [-0.2, 0) is 7.05 Å². The maximum absolute atomic E-state index is 5.07. The Morgan fingerprint density at radius 1 is 1.14 bits per heavy atom. The molecule has 146 valence electrons. The van der Waals surface area contributed by atoms with E-state index in [1.807, 2.05) is 7.05 Å². The van der Waals surface area contributed by atoms with Crippen molar-refractivity contribution in [3.05, 3.63) is 34.3 Å². The fraction of sp³-hybridized carbons (Fsp3) is 0.400. The van der Waals surface area contributed by atoms with Gasteiger partial charge in [0.2, 0.25) is 0 Å². The largest absolute Gasteiger partial charge is 0.343 e. The zero-order chi connectivity index (χ0) is 20.0. The quantitative estimate of drug-likeness (QED) is 0.384. The Morgan fingerprint density at radius 2 is 1.89 bits per heavy atom. The summed E-state index contributed by atoms with van der Waals surface area (Å²) >= 11 is 5.21. The Bertz CT molecular complexity index is 1150. The highest BCUT2D eigenvalue weighted by Gasteiger charge is 2.21. The van der Waals surface area contributed by atoms with Gasteiger partial charge in [0.1, 0.15) is 10.9 Å². The lowest BCUT2D eigenvalue weighted by Gasteiger charge is -2.16. The maximum atomic E-state index is 5.07. The number of fused-ring (bicyclic) bond motifs is 1. The van der Waals surface area contributed by atoms with Gasteiger partial charge in [-0.25, -0.2) is 19.6 Å². The van der Waals surface area contributed by atoms with E-state index in [9.17, 15) is 0 Å². The summed E-state index contributed by atoms with van der Waals surface area (Å²) < 4.78 is 4.92. The van der Waals surface area contributed by atoms with E-state index < -0.39 is 0 Å². The average molecular weight is 459 g/mol. The van der Waals surface area contributed by atoms with Gasteiger partial charge in [0.25, 0.3) is 0 Å². The van der Waals surface area contributed by atoms with Gasteiger partial charge in [0.05, 0.1) is 21.6 Å². The summed E-state index contributed by atoms with van der Waals surface area (Å²) in [6, 6.07) is 2.76. The molecular weight excluding hydrogens is 436 g/mol. The first-order valence-electron chi connectivity index (χ1n) is 9.44. The molecule has 0 aliphatic rings. The zero-order valence-electron chi connectivity index (χ0n) is 16.7. The number of halogens is 1. The third kappa shape index (κ3) is 3.08. The summed E-state index contributed by atoms with van der Waals surface area (Å²) in [6.07, 6.45) is 6.01. The first-order valence-corrected chi connectivity index (χ1v) is 11.0. The molecule has 0 bridgehead atoms. The lowest BCUT2D eigenvalue weighted by atomic mass is 10.1. The van der Waals surface area contributed by atoms with Crippen molar-refractivity contribution in [2.24, 2.45) is 7.05 Å². The molecule has 4 rings (SSSR count). The van der Waals surface area contributed by atoms with Crippen LogP contribution in [0.15, 0.2) is 23.2 Å². The number of rotatable bonds is 5. The van der Waals surface area contributed by atoms with E-state index in [4.69, 9.17) is 4.98 Å². The van der Waals surface area contributed by atoms with E-state index in [-0.39, 0.29) is 0 Å². The standard InChI is InChI=1S/C20H23BrN6S/c1-6-13(7-2)27-9-12(4)15-14(27)8-11(3)16(24-15)17-18(21)25-20(28-17)19-22-10-23-26(19)5/h8-10,13H,6-7H2,1-5H3. The smallest absolute Gasteiger partial charge is 0.187 e. The van der Waals surface area contributed by atoms with Crippen molar-refractivity contribution in [1.29, 1.82) is 0 Å². The fourth-order valence-electron chi connectivity index (χ4n) is 3.67. The predicted molar refractivity (Wildman–Crippen MR) is 118 cm³/mol. The molecule has 0 aliphatic heterocycles. The van der Waals surface area contributed by atoms with Crippen LogP contribution in [0.3, 0.4) is 0 Å². The van der Waals surface area contributed by atoms with Gasteiger partial charge in [0.15, 0.2) is 10.8 Å². The first kappa shape index (κ1) is 19.3. The molecule has 0 saturated heterocycles. The zero-order valence-corrected chi connectivity index (χ0v) is 19.1. The highest BCUT2D eigenvalue weighted by Crippen LogP contribution is 2.39.